The van der Waals surface area contributed by atoms with E-state index in [1.54, 1.807) is 6.07 Å². The maximum absolute atomic E-state index is 13.5. The zero-order valence-electron chi connectivity index (χ0n) is 13.3. The van der Waals surface area contributed by atoms with Gasteiger partial charge in [0.05, 0.1) is 12.6 Å². The molecule has 0 aliphatic carbocycles. The van der Waals surface area contributed by atoms with E-state index in [4.69, 9.17) is 0 Å². The van der Waals surface area contributed by atoms with Gasteiger partial charge in [0.2, 0.25) is 5.91 Å². The third-order valence-electron chi connectivity index (χ3n) is 4.38. The Morgan fingerprint density at radius 2 is 2.00 bits per heavy atom. The summed E-state index contributed by atoms with van der Waals surface area (Å²) in [6.07, 6.45) is 1.85. The summed E-state index contributed by atoms with van der Waals surface area (Å²) in [5.74, 6) is -0.161. The van der Waals surface area contributed by atoms with Crippen molar-refractivity contribution in [3.63, 3.8) is 0 Å². The van der Waals surface area contributed by atoms with E-state index in [9.17, 15) is 9.18 Å². The standard InChI is InChI=1S/C19H21FN2O/c1-21(17-9-3-2-4-10-17)14-19(23)22-12-6-11-18(22)15-7-5-8-16(20)13-15/h2-5,7-10,13,18H,6,11-12,14H2,1H3. The first-order valence-corrected chi connectivity index (χ1v) is 7.96. The molecule has 1 heterocycles. The largest absolute Gasteiger partial charge is 0.365 e. The van der Waals surface area contributed by atoms with Crippen molar-refractivity contribution in [3.8, 4) is 0 Å². The lowest BCUT2D eigenvalue weighted by Crippen LogP contribution is -2.38. The number of para-hydroxylation sites is 1. The van der Waals surface area contributed by atoms with Gasteiger partial charge in [-0.2, -0.15) is 0 Å². The Labute approximate surface area is 136 Å². The number of hydrogen-bond acceptors (Lipinski definition) is 2. The van der Waals surface area contributed by atoms with Crippen LogP contribution in [0.2, 0.25) is 0 Å². The van der Waals surface area contributed by atoms with Crippen LogP contribution in [0.15, 0.2) is 54.6 Å². The fourth-order valence-electron chi connectivity index (χ4n) is 3.19. The Morgan fingerprint density at radius 1 is 1.22 bits per heavy atom. The maximum Gasteiger partial charge on any atom is 0.242 e. The summed E-state index contributed by atoms with van der Waals surface area (Å²) in [6, 6.07) is 16.4. The number of anilines is 1. The second kappa shape index (κ2) is 6.82. The summed E-state index contributed by atoms with van der Waals surface area (Å²) in [7, 11) is 1.92. The Bertz CT molecular complexity index is 674. The predicted octanol–water partition coefficient (Wildman–Crippen LogP) is 3.63. The van der Waals surface area contributed by atoms with E-state index in [2.05, 4.69) is 0 Å². The number of likely N-dealkylation sites (N-methyl/N-ethyl adjacent to an activating group) is 1. The van der Waals surface area contributed by atoms with Gasteiger partial charge >= 0.3 is 0 Å². The molecule has 3 nitrogen and oxygen atoms in total. The van der Waals surface area contributed by atoms with Gasteiger partial charge in [0.1, 0.15) is 5.82 Å². The molecule has 1 aliphatic rings. The number of carbonyl (C=O) groups is 1. The van der Waals surface area contributed by atoms with Crippen molar-refractivity contribution in [3.05, 3.63) is 66.0 Å². The van der Waals surface area contributed by atoms with Crippen LogP contribution in [0.1, 0.15) is 24.4 Å². The van der Waals surface area contributed by atoms with E-state index >= 15 is 0 Å². The van der Waals surface area contributed by atoms with E-state index in [1.165, 1.54) is 12.1 Å². The van der Waals surface area contributed by atoms with Gasteiger partial charge in [-0.3, -0.25) is 4.79 Å². The minimum atomic E-state index is -0.247. The molecule has 23 heavy (non-hydrogen) atoms. The molecule has 0 spiro atoms. The number of nitrogens with zero attached hydrogens (tertiary/aromatic N) is 2. The topological polar surface area (TPSA) is 23.6 Å². The first-order chi connectivity index (χ1) is 11.1. The number of carbonyl (C=O) groups excluding carboxylic acids is 1. The Balaban J connectivity index is 1.71. The second-order valence-corrected chi connectivity index (χ2v) is 5.99. The van der Waals surface area contributed by atoms with Crippen molar-refractivity contribution in [2.75, 3.05) is 25.0 Å². The van der Waals surface area contributed by atoms with Gasteiger partial charge in [-0.25, -0.2) is 4.39 Å². The molecular weight excluding hydrogens is 291 g/mol. The van der Waals surface area contributed by atoms with Crippen LogP contribution in [-0.4, -0.2) is 30.9 Å². The van der Waals surface area contributed by atoms with Gasteiger partial charge in [-0.05, 0) is 42.7 Å². The number of rotatable bonds is 4. The van der Waals surface area contributed by atoms with Gasteiger partial charge < -0.3 is 9.80 Å². The molecule has 1 aliphatic heterocycles. The van der Waals surface area contributed by atoms with Crippen LogP contribution < -0.4 is 4.90 Å². The lowest BCUT2D eigenvalue weighted by molar-refractivity contribution is -0.130. The maximum atomic E-state index is 13.5. The molecule has 2 aromatic rings. The number of halogens is 1. The van der Waals surface area contributed by atoms with Crippen molar-refractivity contribution in [2.24, 2.45) is 0 Å². The van der Waals surface area contributed by atoms with Crippen LogP contribution in [0.4, 0.5) is 10.1 Å². The molecule has 1 fully saturated rings. The fourth-order valence-corrected chi connectivity index (χ4v) is 3.19. The minimum absolute atomic E-state index is 0.0117. The Hall–Kier alpha value is -2.36. The third-order valence-corrected chi connectivity index (χ3v) is 4.38. The molecule has 1 amide bonds. The van der Waals surface area contributed by atoms with Gasteiger partial charge in [-0.15, -0.1) is 0 Å². The predicted molar refractivity (Wildman–Crippen MR) is 89.8 cm³/mol. The zero-order chi connectivity index (χ0) is 16.2. The summed E-state index contributed by atoms with van der Waals surface area (Å²) in [5, 5.41) is 0. The minimum Gasteiger partial charge on any atom is -0.365 e. The third kappa shape index (κ3) is 3.52. The monoisotopic (exact) mass is 312 g/mol. The van der Waals surface area contributed by atoms with Gasteiger partial charge in [-0.1, -0.05) is 30.3 Å². The van der Waals surface area contributed by atoms with Crippen molar-refractivity contribution < 1.29 is 9.18 Å². The van der Waals surface area contributed by atoms with Gasteiger partial charge in [0.15, 0.2) is 0 Å². The molecular formula is C19H21FN2O. The fraction of sp³-hybridized carbons (Fsp3) is 0.316. The SMILES string of the molecule is CN(CC(=O)N1CCCC1c1cccc(F)c1)c1ccccc1. The van der Waals surface area contributed by atoms with Crippen molar-refractivity contribution in [1.29, 1.82) is 0 Å². The number of likely N-dealkylation sites (tertiary alicyclic amines) is 1. The normalized spacial score (nSPS) is 17.3. The van der Waals surface area contributed by atoms with E-state index in [0.29, 0.717) is 6.54 Å². The highest BCUT2D eigenvalue weighted by atomic mass is 19.1. The van der Waals surface area contributed by atoms with E-state index in [-0.39, 0.29) is 17.8 Å². The summed E-state index contributed by atoms with van der Waals surface area (Å²) in [4.78, 5) is 16.5. The quantitative estimate of drug-likeness (QED) is 0.861. The number of hydrogen-bond donors (Lipinski definition) is 0. The van der Waals surface area contributed by atoms with Crippen molar-refractivity contribution in [2.45, 2.75) is 18.9 Å². The first-order valence-electron chi connectivity index (χ1n) is 7.96. The van der Waals surface area contributed by atoms with Crippen LogP contribution in [-0.2, 0) is 4.79 Å². The molecule has 0 aromatic heterocycles. The smallest absolute Gasteiger partial charge is 0.242 e. The molecule has 2 aromatic carbocycles. The molecule has 120 valence electrons. The van der Waals surface area contributed by atoms with E-state index in [1.807, 2.05) is 53.2 Å². The van der Waals surface area contributed by atoms with Crippen molar-refractivity contribution in [1.82, 2.24) is 4.90 Å². The van der Waals surface area contributed by atoms with E-state index in [0.717, 1.165) is 30.6 Å². The molecule has 0 N–H and O–H groups in total. The van der Waals surface area contributed by atoms with Crippen LogP contribution >= 0.6 is 0 Å². The molecule has 0 radical (unpaired) electrons. The molecule has 0 bridgehead atoms. The van der Waals surface area contributed by atoms with Crippen LogP contribution in [0.3, 0.4) is 0 Å². The molecule has 3 rings (SSSR count). The average Bonchev–Trinajstić information content (AvgIpc) is 3.05. The second-order valence-electron chi connectivity index (χ2n) is 5.99. The molecule has 1 unspecified atom stereocenters. The Morgan fingerprint density at radius 3 is 2.74 bits per heavy atom. The zero-order valence-corrected chi connectivity index (χ0v) is 13.3. The van der Waals surface area contributed by atoms with Gasteiger partial charge in [0, 0.05) is 19.3 Å². The van der Waals surface area contributed by atoms with E-state index < -0.39 is 0 Å². The number of amides is 1. The molecule has 4 heteroatoms. The van der Waals surface area contributed by atoms with Crippen LogP contribution in [0, 0.1) is 5.82 Å². The highest BCUT2D eigenvalue weighted by Crippen LogP contribution is 2.32. The summed E-state index contributed by atoms with van der Waals surface area (Å²) >= 11 is 0. The summed E-state index contributed by atoms with van der Waals surface area (Å²) in [5.41, 5.74) is 1.90. The van der Waals surface area contributed by atoms with Gasteiger partial charge in [0.25, 0.3) is 0 Å². The highest BCUT2D eigenvalue weighted by Gasteiger charge is 2.30. The van der Waals surface area contributed by atoms with Crippen molar-refractivity contribution >= 4 is 11.6 Å². The Kier molecular flexibility index (Phi) is 4.60. The average molecular weight is 312 g/mol. The first kappa shape index (κ1) is 15.5. The molecule has 1 saturated heterocycles. The van der Waals surface area contributed by atoms with Crippen LogP contribution in [0.25, 0.3) is 0 Å². The number of benzene rings is 2. The molecule has 1 atom stereocenters. The van der Waals surface area contributed by atoms with Crippen LogP contribution in [0.5, 0.6) is 0 Å². The molecule has 0 saturated carbocycles. The summed E-state index contributed by atoms with van der Waals surface area (Å²) in [6.45, 7) is 1.07. The highest BCUT2D eigenvalue weighted by molar-refractivity contribution is 5.82. The summed E-state index contributed by atoms with van der Waals surface area (Å²) < 4.78 is 13.5. The lowest BCUT2D eigenvalue weighted by Gasteiger charge is -2.28. The lowest BCUT2D eigenvalue weighted by atomic mass is 10.0.